The van der Waals surface area contributed by atoms with Gasteiger partial charge in [0.05, 0.1) is 0 Å². The molecule has 0 fully saturated rings. The van der Waals surface area contributed by atoms with Crippen molar-refractivity contribution in [2.45, 2.75) is 47.5 Å². The first kappa shape index (κ1) is 16.5. The van der Waals surface area contributed by atoms with Gasteiger partial charge in [0.2, 0.25) is 0 Å². The summed E-state index contributed by atoms with van der Waals surface area (Å²) in [6.45, 7) is 13.4. The Morgan fingerprint density at radius 3 is 2.40 bits per heavy atom. The number of nitrogens with one attached hydrogen (secondary N) is 1. The molecule has 0 aromatic carbocycles. The van der Waals surface area contributed by atoms with Gasteiger partial charge in [0, 0.05) is 17.8 Å². The minimum Gasteiger partial charge on any atom is -0.384 e. The second-order valence-corrected chi connectivity index (χ2v) is 6.84. The number of aromatic nitrogens is 1. The zero-order valence-electron chi connectivity index (χ0n) is 13.4. The molecule has 0 saturated heterocycles. The van der Waals surface area contributed by atoms with E-state index < -0.39 is 0 Å². The quantitative estimate of drug-likeness (QED) is 0.888. The standard InChI is InChI=1S/C16H27N3O/c1-10(2)13-7-12(8-14(17)19-13)15(20)18-9-11(3)16(4,5)6/h7-8,10-11H,9H2,1-6H3,(H2,17,19)(H,18,20). The number of anilines is 1. The van der Waals surface area contributed by atoms with Crippen LogP contribution in [0.2, 0.25) is 0 Å². The van der Waals surface area contributed by atoms with E-state index in [-0.39, 0.29) is 17.2 Å². The van der Waals surface area contributed by atoms with Crippen LogP contribution in [0, 0.1) is 11.3 Å². The first-order valence-corrected chi connectivity index (χ1v) is 7.17. The summed E-state index contributed by atoms with van der Waals surface area (Å²) in [4.78, 5) is 16.5. The lowest BCUT2D eigenvalue weighted by Crippen LogP contribution is -2.33. The average Bonchev–Trinajstić information content (AvgIpc) is 2.33. The molecule has 1 amide bonds. The van der Waals surface area contributed by atoms with Crippen LogP contribution in [0.4, 0.5) is 5.82 Å². The zero-order chi connectivity index (χ0) is 15.5. The second kappa shape index (κ2) is 6.25. The van der Waals surface area contributed by atoms with Crippen molar-refractivity contribution >= 4 is 11.7 Å². The van der Waals surface area contributed by atoms with E-state index in [2.05, 4.69) is 38.0 Å². The number of amides is 1. The Kier molecular flexibility index (Phi) is 5.15. The van der Waals surface area contributed by atoms with Crippen molar-refractivity contribution in [3.05, 3.63) is 23.4 Å². The summed E-state index contributed by atoms with van der Waals surface area (Å²) in [6, 6.07) is 3.45. The molecule has 0 aliphatic rings. The highest BCUT2D eigenvalue weighted by Gasteiger charge is 2.20. The number of nitrogen functional groups attached to an aromatic ring is 1. The third kappa shape index (κ3) is 4.51. The van der Waals surface area contributed by atoms with Gasteiger partial charge in [0.25, 0.3) is 5.91 Å². The molecule has 1 atom stereocenters. The van der Waals surface area contributed by atoms with Crippen LogP contribution >= 0.6 is 0 Å². The molecule has 4 heteroatoms. The van der Waals surface area contributed by atoms with Gasteiger partial charge in [0.1, 0.15) is 5.82 Å². The van der Waals surface area contributed by atoms with Crippen molar-refractivity contribution in [3.63, 3.8) is 0 Å². The van der Waals surface area contributed by atoms with Gasteiger partial charge in [-0.3, -0.25) is 4.79 Å². The van der Waals surface area contributed by atoms with Gasteiger partial charge in [-0.05, 0) is 29.4 Å². The van der Waals surface area contributed by atoms with E-state index in [0.717, 1.165) is 5.69 Å². The van der Waals surface area contributed by atoms with Gasteiger partial charge in [-0.1, -0.05) is 41.5 Å². The summed E-state index contributed by atoms with van der Waals surface area (Å²) < 4.78 is 0. The summed E-state index contributed by atoms with van der Waals surface area (Å²) in [5.74, 6) is 0.955. The number of nitrogens with two attached hydrogens (primary N) is 1. The van der Waals surface area contributed by atoms with Crippen LogP contribution in [0.25, 0.3) is 0 Å². The van der Waals surface area contributed by atoms with Crippen molar-refractivity contribution in [1.29, 1.82) is 0 Å². The maximum atomic E-state index is 12.2. The molecule has 0 saturated carbocycles. The number of carbonyl (C=O) groups excluding carboxylic acids is 1. The molecule has 0 spiro atoms. The van der Waals surface area contributed by atoms with Crippen molar-refractivity contribution < 1.29 is 4.79 Å². The van der Waals surface area contributed by atoms with E-state index >= 15 is 0 Å². The molecule has 1 unspecified atom stereocenters. The Labute approximate surface area is 122 Å². The van der Waals surface area contributed by atoms with Crippen molar-refractivity contribution in [2.24, 2.45) is 11.3 Å². The number of hydrogen-bond donors (Lipinski definition) is 2. The van der Waals surface area contributed by atoms with Gasteiger partial charge in [0.15, 0.2) is 0 Å². The summed E-state index contributed by atoms with van der Waals surface area (Å²) >= 11 is 0. The molecule has 112 valence electrons. The molecule has 1 heterocycles. The number of rotatable bonds is 4. The number of pyridine rings is 1. The highest BCUT2D eigenvalue weighted by Crippen LogP contribution is 2.24. The van der Waals surface area contributed by atoms with Crippen LogP contribution in [0.5, 0.6) is 0 Å². The SMILES string of the molecule is CC(C)c1cc(C(=O)NCC(C)C(C)(C)C)cc(N)n1. The van der Waals surface area contributed by atoms with E-state index in [4.69, 9.17) is 5.73 Å². The summed E-state index contributed by atoms with van der Waals surface area (Å²) in [5.41, 5.74) is 7.38. The molecular formula is C16H27N3O. The van der Waals surface area contributed by atoms with E-state index in [1.54, 1.807) is 6.07 Å². The van der Waals surface area contributed by atoms with Crippen LogP contribution in [0.3, 0.4) is 0 Å². The molecule has 1 aromatic heterocycles. The molecule has 1 aromatic rings. The molecule has 0 aliphatic heterocycles. The molecule has 1 rings (SSSR count). The van der Waals surface area contributed by atoms with E-state index in [9.17, 15) is 4.79 Å². The number of hydrogen-bond acceptors (Lipinski definition) is 3. The highest BCUT2D eigenvalue weighted by atomic mass is 16.1. The monoisotopic (exact) mass is 277 g/mol. The van der Waals surface area contributed by atoms with Crippen LogP contribution < -0.4 is 11.1 Å². The predicted octanol–water partition coefficient (Wildman–Crippen LogP) is 3.20. The zero-order valence-corrected chi connectivity index (χ0v) is 13.4. The summed E-state index contributed by atoms with van der Waals surface area (Å²) in [5, 5.41) is 2.98. The Morgan fingerprint density at radius 1 is 1.30 bits per heavy atom. The lowest BCUT2D eigenvalue weighted by Gasteiger charge is -2.27. The third-order valence-electron chi connectivity index (χ3n) is 3.77. The fraction of sp³-hybridized carbons (Fsp3) is 0.625. The van der Waals surface area contributed by atoms with E-state index in [0.29, 0.717) is 23.8 Å². The Bertz CT molecular complexity index is 475. The summed E-state index contributed by atoms with van der Waals surface area (Å²) in [6.07, 6.45) is 0. The molecule has 0 radical (unpaired) electrons. The first-order chi connectivity index (χ1) is 9.11. The van der Waals surface area contributed by atoms with Gasteiger partial charge in [-0.2, -0.15) is 0 Å². The fourth-order valence-corrected chi connectivity index (χ4v) is 1.65. The number of carbonyl (C=O) groups is 1. The first-order valence-electron chi connectivity index (χ1n) is 7.17. The second-order valence-electron chi connectivity index (χ2n) is 6.84. The van der Waals surface area contributed by atoms with Gasteiger partial charge >= 0.3 is 0 Å². The molecule has 4 nitrogen and oxygen atoms in total. The van der Waals surface area contributed by atoms with Crippen molar-refractivity contribution in [3.8, 4) is 0 Å². The van der Waals surface area contributed by atoms with Gasteiger partial charge < -0.3 is 11.1 Å². The van der Waals surface area contributed by atoms with E-state index in [1.807, 2.05) is 19.9 Å². The van der Waals surface area contributed by atoms with Crippen LogP contribution in [-0.4, -0.2) is 17.4 Å². The largest absolute Gasteiger partial charge is 0.384 e. The van der Waals surface area contributed by atoms with Crippen molar-refractivity contribution in [2.75, 3.05) is 12.3 Å². The lowest BCUT2D eigenvalue weighted by molar-refractivity contribution is 0.0937. The average molecular weight is 277 g/mol. The lowest BCUT2D eigenvalue weighted by atomic mass is 9.82. The summed E-state index contributed by atoms with van der Waals surface area (Å²) in [7, 11) is 0. The molecular weight excluding hydrogens is 250 g/mol. The predicted molar refractivity (Wildman–Crippen MR) is 83.7 cm³/mol. The Morgan fingerprint density at radius 2 is 1.90 bits per heavy atom. The topological polar surface area (TPSA) is 68.0 Å². The minimum absolute atomic E-state index is 0.0860. The smallest absolute Gasteiger partial charge is 0.251 e. The normalized spacial score (nSPS) is 13.3. The Balaban J connectivity index is 2.78. The molecule has 20 heavy (non-hydrogen) atoms. The van der Waals surface area contributed by atoms with Crippen LogP contribution in [0.1, 0.15) is 63.5 Å². The van der Waals surface area contributed by atoms with Crippen molar-refractivity contribution in [1.82, 2.24) is 10.3 Å². The molecule has 0 bridgehead atoms. The molecule has 0 aliphatic carbocycles. The van der Waals surface area contributed by atoms with Gasteiger partial charge in [-0.15, -0.1) is 0 Å². The molecule has 3 N–H and O–H groups in total. The minimum atomic E-state index is -0.0860. The maximum Gasteiger partial charge on any atom is 0.251 e. The fourth-order valence-electron chi connectivity index (χ4n) is 1.65. The maximum absolute atomic E-state index is 12.2. The van der Waals surface area contributed by atoms with E-state index in [1.165, 1.54) is 0 Å². The van der Waals surface area contributed by atoms with Crippen LogP contribution in [-0.2, 0) is 0 Å². The third-order valence-corrected chi connectivity index (χ3v) is 3.77. The highest BCUT2D eigenvalue weighted by molar-refractivity contribution is 5.94. The van der Waals surface area contributed by atoms with Crippen LogP contribution in [0.15, 0.2) is 12.1 Å². The number of nitrogens with zero attached hydrogens (tertiary/aromatic N) is 1. The Hall–Kier alpha value is -1.58. The van der Waals surface area contributed by atoms with Gasteiger partial charge in [-0.25, -0.2) is 4.98 Å².